The third-order valence-electron chi connectivity index (χ3n) is 5.34. The maximum Gasteiger partial charge on any atom is 0.260 e. The van der Waals surface area contributed by atoms with Crippen molar-refractivity contribution in [1.82, 2.24) is 0 Å². The van der Waals surface area contributed by atoms with E-state index in [2.05, 4.69) is 10.6 Å². The number of nitrogen functional groups attached to an aromatic ring is 1. The topological polar surface area (TPSA) is 97.4 Å². The van der Waals surface area contributed by atoms with Crippen LogP contribution in [0.15, 0.2) is 65.3 Å². The van der Waals surface area contributed by atoms with Gasteiger partial charge in [-0.05, 0) is 67.4 Å². The first kappa shape index (κ1) is 22.6. The summed E-state index contributed by atoms with van der Waals surface area (Å²) in [5.41, 5.74) is 9.88. The van der Waals surface area contributed by atoms with E-state index in [-0.39, 0.29) is 21.9 Å². The normalized spacial score (nSPS) is 10.8. The summed E-state index contributed by atoms with van der Waals surface area (Å²) in [7, 11) is 0. The van der Waals surface area contributed by atoms with Gasteiger partial charge in [0, 0.05) is 16.3 Å². The molecule has 0 aliphatic heterocycles. The third kappa shape index (κ3) is 4.79. The molecule has 4 aromatic rings. The van der Waals surface area contributed by atoms with Gasteiger partial charge in [0.25, 0.3) is 5.91 Å². The van der Waals surface area contributed by atoms with Crippen LogP contribution in [0.2, 0.25) is 5.02 Å². The highest BCUT2D eigenvalue weighted by atomic mass is 35.5. The number of amides is 1. The van der Waals surface area contributed by atoms with Gasteiger partial charge in [0.15, 0.2) is 0 Å². The largest absolute Gasteiger partial charge is 0.467 e. The van der Waals surface area contributed by atoms with Gasteiger partial charge in [-0.15, -0.1) is 11.3 Å². The third-order valence-corrected chi connectivity index (χ3v) is 6.75. The molecule has 0 aliphatic carbocycles. The maximum atomic E-state index is 13.3. The number of aryl methyl sites for hydroxylation is 1. The Labute approximate surface area is 200 Å². The Balaban J connectivity index is 1.71. The van der Waals surface area contributed by atoms with Crippen molar-refractivity contribution in [2.24, 2.45) is 0 Å². The van der Waals surface area contributed by atoms with Crippen LogP contribution in [0.5, 0.6) is 0 Å². The van der Waals surface area contributed by atoms with Gasteiger partial charge in [0.1, 0.15) is 15.6 Å². The molecule has 0 bridgehead atoms. The minimum atomic E-state index is -0.394. The Hall–Kier alpha value is -3.55. The van der Waals surface area contributed by atoms with E-state index < -0.39 is 5.91 Å². The van der Waals surface area contributed by atoms with Gasteiger partial charge >= 0.3 is 0 Å². The molecule has 6 nitrogen and oxygen atoms in total. The van der Waals surface area contributed by atoms with E-state index in [0.717, 1.165) is 22.5 Å². The minimum Gasteiger partial charge on any atom is -0.467 e. The van der Waals surface area contributed by atoms with Crippen LogP contribution in [0.25, 0.3) is 0 Å². The zero-order chi connectivity index (χ0) is 23.5. The summed E-state index contributed by atoms with van der Waals surface area (Å²) < 4.78 is 5.38. The van der Waals surface area contributed by atoms with Crippen LogP contribution in [0.1, 0.15) is 42.5 Å². The summed E-state index contributed by atoms with van der Waals surface area (Å²) >= 11 is 7.09. The molecule has 1 amide bonds. The molecule has 0 radical (unpaired) electrons. The molecule has 2 heterocycles. The van der Waals surface area contributed by atoms with E-state index in [1.165, 1.54) is 0 Å². The number of nitrogens with one attached hydrogen (secondary N) is 2. The Morgan fingerprint density at radius 2 is 1.82 bits per heavy atom. The van der Waals surface area contributed by atoms with Crippen LogP contribution < -0.4 is 16.4 Å². The monoisotopic (exact) mass is 479 g/mol. The van der Waals surface area contributed by atoms with Crippen LogP contribution in [0, 0.1) is 13.8 Å². The first-order valence-corrected chi connectivity index (χ1v) is 11.4. The van der Waals surface area contributed by atoms with Crippen molar-refractivity contribution in [2.75, 3.05) is 16.4 Å². The lowest BCUT2D eigenvalue weighted by molar-refractivity contribution is 0.102. The first-order valence-electron chi connectivity index (χ1n) is 10.2. The molecule has 4 rings (SSSR count). The number of hydrogen-bond acceptors (Lipinski definition) is 6. The lowest BCUT2D eigenvalue weighted by Gasteiger charge is -2.12. The first-order chi connectivity index (χ1) is 15.8. The number of carbonyl (C=O) groups is 2. The van der Waals surface area contributed by atoms with E-state index in [1.807, 2.05) is 38.1 Å². The molecule has 2 aromatic heterocycles. The summed E-state index contributed by atoms with van der Waals surface area (Å²) in [4.78, 5) is 26.8. The van der Waals surface area contributed by atoms with Crippen molar-refractivity contribution in [3.63, 3.8) is 0 Å². The summed E-state index contributed by atoms with van der Waals surface area (Å²) in [5, 5.41) is 7.15. The summed E-state index contributed by atoms with van der Waals surface area (Å²) in [6.07, 6.45) is 1.57. The van der Waals surface area contributed by atoms with Crippen LogP contribution in [0.4, 0.5) is 16.4 Å². The molecule has 0 unspecified atom stereocenters. The summed E-state index contributed by atoms with van der Waals surface area (Å²) in [6.45, 7) is 4.25. The molecule has 0 aliphatic rings. The minimum absolute atomic E-state index is 0.129. The lowest BCUT2D eigenvalue weighted by Crippen LogP contribution is -2.16. The maximum absolute atomic E-state index is 13.3. The number of benzene rings is 2. The zero-order valence-corrected chi connectivity index (χ0v) is 19.6. The van der Waals surface area contributed by atoms with Gasteiger partial charge in [-0.2, -0.15) is 0 Å². The predicted octanol–water partition coefficient (Wildman–Crippen LogP) is 6.29. The highest BCUT2D eigenvalue weighted by Gasteiger charge is 2.27. The van der Waals surface area contributed by atoms with Crippen LogP contribution in [0.3, 0.4) is 0 Å². The average molecular weight is 480 g/mol. The quantitative estimate of drug-likeness (QED) is 0.271. The Morgan fingerprint density at radius 1 is 1.06 bits per heavy atom. The fourth-order valence-electron chi connectivity index (χ4n) is 3.35. The zero-order valence-electron chi connectivity index (χ0n) is 18.1. The molecule has 0 atom stereocenters. The summed E-state index contributed by atoms with van der Waals surface area (Å²) in [5.74, 6) is 0.0176. The molecule has 168 valence electrons. The van der Waals surface area contributed by atoms with E-state index >= 15 is 0 Å². The van der Waals surface area contributed by atoms with Crippen molar-refractivity contribution >= 4 is 51.0 Å². The van der Waals surface area contributed by atoms with Gasteiger partial charge in [-0.1, -0.05) is 23.7 Å². The number of ketones is 1. The number of furan rings is 1. The molecule has 0 saturated heterocycles. The highest BCUT2D eigenvalue weighted by molar-refractivity contribution is 7.19. The van der Waals surface area contributed by atoms with Gasteiger partial charge < -0.3 is 20.8 Å². The Kier molecular flexibility index (Phi) is 6.53. The fourth-order valence-corrected chi connectivity index (χ4v) is 4.55. The second kappa shape index (κ2) is 9.52. The number of nitrogens with two attached hydrogens (primary N) is 1. The van der Waals surface area contributed by atoms with E-state index in [4.69, 9.17) is 21.8 Å². The van der Waals surface area contributed by atoms with Gasteiger partial charge in [0.05, 0.1) is 24.1 Å². The van der Waals surface area contributed by atoms with E-state index in [1.54, 1.807) is 36.6 Å². The van der Waals surface area contributed by atoms with Gasteiger partial charge in [-0.3, -0.25) is 9.59 Å². The van der Waals surface area contributed by atoms with Gasteiger partial charge in [0.2, 0.25) is 5.78 Å². The van der Waals surface area contributed by atoms with Crippen LogP contribution in [-0.2, 0) is 6.54 Å². The number of carbonyl (C=O) groups excluding carboxylic acids is 2. The predicted molar refractivity (Wildman–Crippen MR) is 134 cm³/mol. The van der Waals surface area contributed by atoms with Crippen molar-refractivity contribution < 1.29 is 14.0 Å². The molecular weight excluding hydrogens is 458 g/mol. The molecular formula is C25H22ClN3O3S. The van der Waals surface area contributed by atoms with Crippen LogP contribution >= 0.6 is 22.9 Å². The standard InChI is InChI=1S/C25H22ClN3O3S/c1-14-5-3-7-19(15(14)2)29-24(31)20-21(27)23(22(30)16-8-10-17(26)11-9-16)33-25(20)28-13-18-6-4-12-32-18/h3-12,28H,13,27H2,1-2H3,(H,29,31). The van der Waals surface area contributed by atoms with Crippen molar-refractivity contribution in [3.05, 3.63) is 98.8 Å². The molecule has 0 fully saturated rings. The SMILES string of the molecule is Cc1cccc(NC(=O)c2c(NCc3ccco3)sc(C(=O)c3ccc(Cl)cc3)c2N)c1C. The number of hydrogen-bond donors (Lipinski definition) is 3. The number of thiophene rings is 1. The highest BCUT2D eigenvalue weighted by Crippen LogP contribution is 2.38. The molecule has 0 saturated carbocycles. The van der Waals surface area contributed by atoms with E-state index in [0.29, 0.717) is 33.6 Å². The molecule has 33 heavy (non-hydrogen) atoms. The number of anilines is 3. The molecule has 2 aromatic carbocycles. The van der Waals surface area contributed by atoms with Crippen molar-refractivity contribution in [3.8, 4) is 0 Å². The average Bonchev–Trinajstić information content (AvgIpc) is 3.43. The second-order valence-corrected chi connectivity index (χ2v) is 8.98. The molecule has 8 heteroatoms. The summed E-state index contributed by atoms with van der Waals surface area (Å²) in [6, 6.07) is 15.8. The second-order valence-electron chi connectivity index (χ2n) is 7.52. The molecule has 4 N–H and O–H groups in total. The van der Waals surface area contributed by atoms with E-state index in [9.17, 15) is 9.59 Å². The Morgan fingerprint density at radius 3 is 2.52 bits per heavy atom. The number of rotatable bonds is 7. The van der Waals surface area contributed by atoms with Crippen molar-refractivity contribution in [2.45, 2.75) is 20.4 Å². The molecule has 0 spiro atoms. The number of halogens is 1. The lowest BCUT2D eigenvalue weighted by atomic mass is 10.1. The Bertz CT molecular complexity index is 1310. The smallest absolute Gasteiger partial charge is 0.260 e. The fraction of sp³-hybridized carbons (Fsp3) is 0.120. The van der Waals surface area contributed by atoms with Crippen molar-refractivity contribution in [1.29, 1.82) is 0 Å². The van der Waals surface area contributed by atoms with Crippen LogP contribution in [-0.4, -0.2) is 11.7 Å². The van der Waals surface area contributed by atoms with Gasteiger partial charge in [-0.25, -0.2) is 0 Å².